The summed E-state index contributed by atoms with van der Waals surface area (Å²) in [5.74, 6) is 0. The lowest BCUT2D eigenvalue weighted by atomic mass is 10.3. The summed E-state index contributed by atoms with van der Waals surface area (Å²) in [5, 5.41) is 5.92. The molecule has 0 aromatic carbocycles. The molecule has 76 valence electrons. The van der Waals surface area contributed by atoms with E-state index in [1.165, 1.54) is 6.42 Å². The first-order chi connectivity index (χ1) is 6.26. The molecule has 2 unspecified atom stereocenters. The molecule has 4 heteroatoms. The highest BCUT2D eigenvalue weighted by molar-refractivity contribution is 8.14. The topological polar surface area (TPSA) is 24.4 Å². The van der Waals surface area contributed by atoms with Crippen LogP contribution in [0.15, 0.2) is 4.99 Å². The van der Waals surface area contributed by atoms with Crippen LogP contribution < -0.4 is 5.32 Å². The number of thioether (sulfide) groups is 2. The molecule has 1 N–H and O–H groups in total. The predicted octanol–water partition coefficient (Wildman–Crippen LogP) is 2.21. The molecule has 0 saturated heterocycles. The van der Waals surface area contributed by atoms with Gasteiger partial charge in [-0.2, -0.15) is 11.8 Å². The Morgan fingerprint density at radius 1 is 1.77 bits per heavy atom. The van der Waals surface area contributed by atoms with Gasteiger partial charge in [0, 0.05) is 17.0 Å². The third kappa shape index (κ3) is 3.81. The molecule has 2 nitrogen and oxygen atoms in total. The fourth-order valence-electron chi connectivity index (χ4n) is 1.04. The maximum atomic E-state index is 4.45. The summed E-state index contributed by atoms with van der Waals surface area (Å²) >= 11 is 3.78. The van der Waals surface area contributed by atoms with Crippen LogP contribution >= 0.6 is 23.5 Å². The maximum Gasteiger partial charge on any atom is 0.156 e. The van der Waals surface area contributed by atoms with E-state index in [2.05, 4.69) is 30.4 Å². The van der Waals surface area contributed by atoms with Gasteiger partial charge in [0.25, 0.3) is 0 Å². The molecule has 1 heterocycles. The third-order valence-electron chi connectivity index (χ3n) is 2.12. The zero-order chi connectivity index (χ0) is 9.68. The minimum atomic E-state index is 0.670. The second kappa shape index (κ2) is 5.81. The molecule has 1 aliphatic heterocycles. The van der Waals surface area contributed by atoms with E-state index in [1.54, 1.807) is 0 Å². The van der Waals surface area contributed by atoms with Crippen molar-refractivity contribution in [1.29, 1.82) is 0 Å². The van der Waals surface area contributed by atoms with Gasteiger partial charge in [-0.3, -0.25) is 4.99 Å². The molecule has 2 atom stereocenters. The van der Waals surface area contributed by atoms with Crippen molar-refractivity contribution < 1.29 is 0 Å². The van der Waals surface area contributed by atoms with Gasteiger partial charge in [0.05, 0.1) is 6.54 Å². The zero-order valence-corrected chi connectivity index (χ0v) is 10.2. The van der Waals surface area contributed by atoms with E-state index in [1.807, 2.05) is 23.5 Å². The van der Waals surface area contributed by atoms with Crippen LogP contribution in [0.3, 0.4) is 0 Å². The van der Waals surface area contributed by atoms with Gasteiger partial charge in [-0.25, -0.2) is 0 Å². The molecule has 0 bridgehead atoms. The smallest absolute Gasteiger partial charge is 0.156 e. The molecule has 1 rings (SSSR count). The molecule has 0 aromatic rings. The number of hydrogen-bond donors (Lipinski definition) is 1. The molecule has 1 aliphatic rings. The highest BCUT2D eigenvalue weighted by Crippen LogP contribution is 2.22. The van der Waals surface area contributed by atoms with Crippen molar-refractivity contribution in [2.75, 3.05) is 19.3 Å². The van der Waals surface area contributed by atoms with Gasteiger partial charge in [-0.15, -0.1) is 0 Å². The lowest BCUT2D eigenvalue weighted by Gasteiger charge is -2.10. The van der Waals surface area contributed by atoms with Crippen LogP contribution in [0.5, 0.6) is 0 Å². The second-order valence-corrected chi connectivity index (χ2v) is 5.79. The van der Waals surface area contributed by atoms with Crippen LogP contribution in [0.25, 0.3) is 0 Å². The van der Waals surface area contributed by atoms with Crippen molar-refractivity contribution in [3.8, 4) is 0 Å². The zero-order valence-electron chi connectivity index (χ0n) is 8.54. The van der Waals surface area contributed by atoms with Crippen molar-refractivity contribution in [3.05, 3.63) is 0 Å². The Labute approximate surface area is 89.3 Å². The summed E-state index contributed by atoms with van der Waals surface area (Å²) < 4.78 is 0. The average Bonchev–Trinajstić information content (AvgIpc) is 2.61. The van der Waals surface area contributed by atoms with Crippen molar-refractivity contribution in [2.24, 2.45) is 4.99 Å². The first-order valence-electron chi connectivity index (χ1n) is 4.74. The third-order valence-corrected chi connectivity index (χ3v) is 4.40. The van der Waals surface area contributed by atoms with Gasteiger partial charge in [0.15, 0.2) is 5.17 Å². The second-order valence-electron chi connectivity index (χ2n) is 3.22. The Bertz CT molecular complexity index is 182. The Morgan fingerprint density at radius 3 is 3.08 bits per heavy atom. The summed E-state index contributed by atoms with van der Waals surface area (Å²) in [6.45, 7) is 6.48. The van der Waals surface area contributed by atoms with Crippen LogP contribution in [0.4, 0.5) is 0 Å². The molecular weight excluding hydrogens is 200 g/mol. The molecule has 0 amide bonds. The predicted molar refractivity (Wildman–Crippen MR) is 65.0 cm³/mol. The maximum absolute atomic E-state index is 4.45. The fraction of sp³-hybridized carbons (Fsp3) is 0.889. The van der Waals surface area contributed by atoms with Crippen molar-refractivity contribution in [2.45, 2.75) is 30.8 Å². The number of rotatable bonds is 4. The lowest BCUT2D eigenvalue weighted by molar-refractivity contribution is 0.834. The number of nitrogens with zero attached hydrogens (tertiary/aromatic N) is 1. The number of hydrogen-bond acceptors (Lipinski definition) is 4. The Morgan fingerprint density at radius 2 is 2.54 bits per heavy atom. The highest BCUT2D eigenvalue weighted by atomic mass is 32.2. The van der Waals surface area contributed by atoms with Crippen LogP contribution in [0.1, 0.15) is 20.3 Å². The quantitative estimate of drug-likeness (QED) is 0.783. The first-order valence-corrected chi connectivity index (χ1v) is 6.90. The Hall–Kier alpha value is 0.170. The molecule has 0 spiro atoms. The number of aliphatic imine (C=N–C) groups is 1. The van der Waals surface area contributed by atoms with Crippen LogP contribution in [0, 0.1) is 0 Å². The van der Waals surface area contributed by atoms with E-state index in [4.69, 9.17) is 0 Å². The standard InChI is InChI=1S/C9H18N2S2/c1-4-8-6-11-9(13-8)10-5-7(2)12-3/h7-8H,4-6H2,1-3H3,(H,10,11). The van der Waals surface area contributed by atoms with E-state index in [-0.39, 0.29) is 0 Å². The van der Waals surface area contributed by atoms with Crippen molar-refractivity contribution in [3.63, 3.8) is 0 Å². The molecule has 0 radical (unpaired) electrons. The van der Waals surface area contributed by atoms with Crippen molar-refractivity contribution >= 4 is 28.7 Å². The summed E-state index contributed by atoms with van der Waals surface area (Å²) in [4.78, 5) is 4.45. The van der Waals surface area contributed by atoms with E-state index >= 15 is 0 Å². The minimum absolute atomic E-state index is 0.670. The lowest BCUT2D eigenvalue weighted by Crippen LogP contribution is -2.26. The molecule has 0 saturated carbocycles. The normalized spacial score (nSPS) is 24.2. The molecule has 13 heavy (non-hydrogen) atoms. The molecular formula is C9H18N2S2. The van der Waals surface area contributed by atoms with Gasteiger partial charge in [0.1, 0.15) is 0 Å². The van der Waals surface area contributed by atoms with Crippen molar-refractivity contribution in [1.82, 2.24) is 5.32 Å². The van der Waals surface area contributed by atoms with Crippen LogP contribution in [0.2, 0.25) is 0 Å². The summed E-state index contributed by atoms with van der Waals surface area (Å²) in [6.07, 6.45) is 3.36. The molecule has 0 fully saturated rings. The van der Waals surface area contributed by atoms with Gasteiger partial charge < -0.3 is 5.32 Å². The van der Waals surface area contributed by atoms with Gasteiger partial charge >= 0.3 is 0 Å². The van der Waals surface area contributed by atoms with Gasteiger partial charge in [-0.1, -0.05) is 25.6 Å². The first kappa shape index (κ1) is 11.2. The number of amidine groups is 1. The fourth-order valence-corrected chi connectivity index (χ4v) is 2.24. The Balaban J connectivity index is 2.17. The molecule has 0 aliphatic carbocycles. The highest BCUT2D eigenvalue weighted by Gasteiger charge is 2.17. The SMILES string of the molecule is CCC1CN=C(NCC(C)SC)S1. The largest absolute Gasteiger partial charge is 0.364 e. The van der Waals surface area contributed by atoms with Crippen LogP contribution in [-0.2, 0) is 0 Å². The van der Waals surface area contributed by atoms with Gasteiger partial charge in [-0.05, 0) is 12.7 Å². The van der Waals surface area contributed by atoms with E-state index in [0.29, 0.717) is 10.5 Å². The Kier molecular flexibility index (Phi) is 5.02. The monoisotopic (exact) mass is 218 g/mol. The van der Waals surface area contributed by atoms with E-state index in [0.717, 1.165) is 18.3 Å². The average molecular weight is 218 g/mol. The minimum Gasteiger partial charge on any atom is -0.364 e. The van der Waals surface area contributed by atoms with Gasteiger partial charge in [0.2, 0.25) is 0 Å². The van der Waals surface area contributed by atoms with Crippen LogP contribution in [-0.4, -0.2) is 35.0 Å². The van der Waals surface area contributed by atoms with E-state index in [9.17, 15) is 0 Å². The molecule has 0 aromatic heterocycles. The van der Waals surface area contributed by atoms with E-state index < -0.39 is 0 Å². The summed E-state index contributed by atoms with van der Waals surface area (Å²) in [7, 11) is 0. The number of nitrogens with one attached hydrogen (secondary N) is 1. The summed E-state index contributed by atoms with van der Waals surface area (Å²) in [5.41, 5.74) is 0. The summed E-state index contributed by atoms with van der Waals surface area (Å²) in [6, 6.07) is 0.